The van der Waals surface area contributed by atoms with Crippen LogP contribution in [0.5, 0.6) is 0 Å². The maximum absolute atomic E-state index is 11.7. The van der Waals surface area contributed by atoms with Crippen LogP contribution in [-0.4, -0.2) is 68.7 Å². The van der Waals surface area contributed by atoms with Gasteiger partial charge in [0.05, 0.1) is 25.3 Å². The molecule has 0 saturated carbocycles. The molecule has 0 aliphatic rings. The number of ether oxygens (including phenoxy) is 2. The Morgan fingerprint density at radius 1 is 0.957 bits per heavy atom. The third-order valence-corrected chi connectivity index (χ3v) is 3.94. The van der Waals surface area contributed by atoms with Crippen LogP contribution in [0.1, 0.15) is 20.7 Å². The summed E-state index contributed by atoms with van der Waals surface area (Å²) in [6, 6.07) is 6.77. The molecule has 0 heterocycles. The molecule has 7 nitrogen and oxygen atoms in total. The van der Waals surface area contributed by atoms with E-state index in [-0.39, 0.29) is 40.7 Å². The Bertz CT molecular complexity index is 874. The monoisotopic (exact) mass is 348 g/mol. The number of carbonyl (C=O) groups is 2. The standard InChI is InChI=1S/C14H12O7S.Na.H/c1-20-13(15)9-4-3-8-6-11(14(16)21-2)12(22(17,18)19)7-10(8)5-9;;/h3-7H,1-2H3,(H,17,18,19);;. The minimum atomic E-state index is -4.64. The number of fused-ring (bicyclic) bond motifs is 1. The van der Waals surface area contributed by atoms with Crippen LogP contribution in [0.25, 0.3) is 10.8 Å². The zero-order valence-electron chi connectivity index (χ0n) is 11.7. The Morgan fingerprint density at radius 3 is 2.09 bits per heavy atom. The number of hydrogen-bond acceptors (Lipinski definition) is 6. The van der Waals surface area contributed by atoms with E-state index in [0.717, 1.165) is 13.2 Å². The predicted octanol–water partition coefficient (Wildman–Crippen LogP) is 1.01. The molecule has 0 aromatic heterocycles. The van der Waals surface area contributed by atoms with Crippen LogP contribution in [0.2, 0.25) is 0 Å². The van der Waals surface area contributed by atoms with E-state index >= 15 is 0 Å². The van der Waals surface area contributed by atoms with Gasteiger partial charge < -0.3 is 9.47 Å². The van der Waals surface area contributed by atoms with E-state index in [4.69, 9.17) is 0 Å². The van der Waals surface area contributed by atoms with Gasteiger partial charge in [-0.1, -0.05) is 6.07 Å². The molecule has 0 amide bonds. The van der Waals surface area contributed by atoms with Crippen molar-refractivity contribution in [2.24, 2.45) is 0 Å². The second-order valence-electron chi connectivity index (χ2n) is 4.37. The molecule has 0 atom stereocenters. The number of esters is 2. The Labute approximate surface area is 154 Å². The van der Waals surface area contributed by atoms with Crippen LogP contribution in [0.3, 0.4) is 0 Å². The van der Waals surface area contributed by atoms with Crippen LogP contribution >= 0.6 is 0 Å². The fraction of sp³-hybridized carbons (Fsp3) is 0.143. The molecule has 0 spiro atoms. The predicted molar refractivity (Wildman–Crippen MR) is 83.6 cm³/mol. The molecule has 1 N–H and O–H groups in total. The number of methoxy groups -OCH3 is 2. The molecule has 0 radical (unpaired) electrons. The average Bonchev–Trinajstić information content (AvgIpc) is 2.50. The molecule has 0 bridgehead atoms. The van der Waals surface area contributed by atoms with Gasteiger partial charge in [-0.15, -0.1) is 0 Å². The summed E-state index contributed by atoms with van der Waals surface area (Å²) in [4.78, 5) is 22.6. The van der Waals surface area contributed by atoms with Crippen molar-refractivity contribution in [2.45, 2.75) is 4.90 Å². The number of benzene rings is 2. The first kappa shape index (κ1) is 19.6. The second-order valence-corrected chi connectivity index (χ2v) is 5.76. The van der Waals surface area contributed by atoms with Gasteiger partial charge in [0.2, 0.25) is 0 Å². The Balaban J connectivity index is 0.00000264. The summed E-state index contributed by atoms with van der Waals surface area (Å²) in [5, 5.41) is 0.851. The van der Waals surface area contributed by atoms with E-state index in [1.165, 1.54) is 31.4 Å². The maximum atomic E-state index is 11.7. The van der Waals surface area contributed by atoms with E-state index in [2.05, 4.69) is 9.47 Å². The van der Waals surface area contributed by atoms with Gasteiger partial charge in [-0.25, -0.2) is 9.59 Å². The summed E-state index contributed by atoms with van der Waals surface area (Å²) in [7, 11) is -2.32. The van der Waals surface area contributed by atoms with Crippen LogP contribution in [0.4, 0.5) is 0 Å². The summed E-state index contributed by atoms with van der Waals surface area (Å²) in [5.74, 6) is -1.49. The van der Waals surface area contributed by atoms with Gasteiger partial charge >= 0.3 is 41.5 Å². The fourth-order valence-electron chi connectivity index (χ4n) is 2.00. The van der Waals surface area contributed by atoms with Crippen molar-refractivity contribution >= 4 is 62.4 Å². The molecule has 2 rings (SSSR count). The quantitative estimate of drug-likeness (QED) is 0.501. The summed E-state index contributed by atoms with van der Waals surface area (Å²) >= 11 is 0. The van der Waals surface area contributed by atoms with Gasteiger partial charge in [-0.2, -0.15) is 8.42 Å². The van der Waals surface area contributed by atoms with Crippen molar-refractivity contribution < 1.29 is 32.0 Å². The number of carbonyl (C=O) groups excluding carboxylic acids is 2. The van der Waals surface area contributed by atoms with E-state index in [0.29, 0.717) is 10.8 Å². The van der Waals surface area contributed by atoms with E-state index in [1.807, 2.05) is 0 Å². The van der Waals surface area contributed by atoms with Crippen molar-refractivity contribution in [3.63, 3.8) is 0 Å². The molecule has 0 unspecified atom stereocenters. The zero-order valence-corrected chi connectivity index (χ0v) is 12.5. The first-order valence-electron chi connectivity index (χ1n) is 6.00. The van der Waals surface area contributed by atoms with Crippen LogP contribution in [0.15, 0.2) is 35.2 Å². The van der Waals surface area contributed by atoms with Gasteiger partial charge in [0, 0.05) is 0 Å². The second kappa shape index (κ2) is 7.41. The molecule has 0 aliphatic carbocycles. The van der Waals surface area contributed by atoms with Gasteiger partial charge in [-0.3, -0.25) is 4.55 Å². The number of rotatable bonds is 3. The summed E-state index contributed by atoms with van der Waals surface area (Å²) < 4.78 is 41.3. The summed E-state index contributed by atoms with van der Waals surface area (Å²) in [6.45, 7) is 0. The van der Waals surface area contributed by atoms with Gasteiger partial charge in [0.15, 0.2) is 0 Å². The topological polar surface area (TPSA) is 107 Å². The Kier molecular flexibility index (Phi) is 6.32. The molecule has 2 aromatic rings. The Morgan fingerprint density at radius 2 is 1.57 bits per heavy atom. The van der Waals surface area contributed by atoms with Crippen LogP contribution in [0, 0.1) is 0 Å². The zero-order chi connectivity index (χ0) is 16.5. The van der Waals surface area contributed by atoms with Crippen LogP contribution in [-0.2, 0) is 19.6 Å². The number of hydrogen-bond donors (Lipinski definition) is 1. The van der Waals surface area contributed by atoms with Crippen LogP contribution < -0.4 is 0 Å². The fourth-order valence-corrected chi connectivity index (χ4v) is 2.70. The van der Waals surface area contributed by atoms with E-state index in [9.17, 15) is 22.6 Å². The molecule has 0 saturated heterocycles. The summed E-state index contributed by atoms with van der Waals surface area (Å²) in [6.07, 6.45) is 0. The van der Waals surface area contributed by atoms with Crippen molar-refractivity contribution in [2.75, 3.05) is 14.2 Å². The van der Waals surface area contributed by atoms with Gasteiger partial charge in [0.25, 0.3) is 10.1 Å². The molecule has 0 aliphatic heterocycles. The van der Waals surface area contributed by atoms with Gasteiger partial charge in [0.1, 0.15) is 4.90 Å². The van der Waals surface area contributed by atoms with Crippen molar-refractivity contribution in [3.8, 4) is 0 Å². The third kappa shape index (κ3) is 4.10. The summed E-state index contributed by atoms with van der Waals surface area (Å²) in [5.41, 5.74) is -0.0783. The molecule has 9 heteroatoms. The van der Waals surface area contributed by atoms with E-state index < -0.39 is 27.0 Å². The molecular weight excluding hydrogens is 335 g/mol. The van der Waals surface area contributed by atoms with Crippen molar-refractivity contribution in [1.82, 2.24) is 0 Å². The first-order chi connectivity index (χ1) is 10.3. The first-order valence-corrected chi connectivity index (χ1v) is 7.44. The molecule has 118 valence electrons. The van der Waals surface area contributed by atoms with Crippen molar-refractivity contribution in [3.05, 3.63) is 41.5 Å². The third-order valence-electron chi connectivity index (χ3n) is 3.04. The normalized spacial score (nSPS) is 10.7. The van der Waals surface area contributed by atoms with E-state index in [1.54, 1.807) is 0 Å². The average molecular weight is 348 g/mol. The van der Waals surface area contributed by atoms with Crippen molar-refractivity contribution in [1.29, 1.82) is 0 Å². The minimum absolute atomic E-state index is 0. The van der Waals surface area contributed by atoms with Gasteiger partial charge in [-0.05, 0) is 35.0 Å². The molecule has 0 fully saturated rings. The Hall–Kier alpha value is -1.45. The molecule has 23 heavy (non-hydrogen) atoms. The molecule has 2 aromatic carbocycles. The SMILES string of the molecule is COC(=O)c1ccc2cc(C(=O)OC)c(S(=O)(=O)O)cc2c1.[NaH]. The molecular formula is C14H13NaO7S.